The first-order chi connectivity index (χ1) is 15.1. The molecule has 3 aromatic rings. The van der Waals surface area contributed by atoms with Gasteiger partial charge in [0.2, 0.25) is 0 Å². The van der Waals surface area contributed by atoms with Crippen LogP contribution in [0.3, 0.4) is 0 Å². The molecule has 2 aromatic heterocycles. The number of aromatic amines is 1. The Morgan fingerprint density at radius 3 is 2.52 bits per heavy atom. The van der Waals surface area contributed by atoms with E-state index in [4.69, 9.17) is 26.4 Å². The van der Waals surface area contributed by atoms with Gasteiger partial charge in [0.15, 0.2) is 5.65 Å². The lowest BCUT2D eigenvalue weighted by atomic mass is 10.1. The molecule has 0 amide bonds. The quantitative estimate of drug-likeness (QED) is 0.364. The van der Waals surface area contributed by atoms with Crippen LogP contribution >= 0.6 is 11.6 Å². The van der Waals surface area contributed by atoms with Crippen molar-refractivity contribution in [2.45, 2.75) is 78.2 Å². The first-order valence-electron chi connectivity index (χ1n) is 11.4. The maximum Gasteiger partial charge on any atom is 0.262 e. The van der Waals surface area contributed by atoms with Crippen LogP contribution in [0.4, 0.5) is 0 Å². The van der Waals surface area contributed by atoms with Crippen molar-refractivity contribution in [3.63, 3.8) is 0 Å². The third kappa shape index (κ3) is 5.88. The minimum atomic E-state index is -0.123. The predicted molar refractivity (Wildman–Crippen MR) is 126 cm³/mol. The van der Waals surface area contributed by atoms with Gasteiger partial charge in [-0.15, -0.1) is 0 Å². The SMILES string of the molecule is CCCCCCCCCn1nc(CC)c2c(=O)[nH]c(Cc3ccc(OC)c(Cl)c3)nc21. The molecule has 0 saturated carbocycles. The normalized spacial score (nSPS) is 11.4. The van der Waals surface area contributed by atoms with Crippen molar-refractivity contribution in [3.8, 4) is 5.75 Å². The Balaban J connectivity index is 1.78. The van der Waals surface area contributed by atoms with Gasteiger partial charge >= 0.3 is 0 Å². The number of rotatable bonds is 12. The van der Waals surface area contributed by atoms with E-state index in [0.717, 1.165) is 24.2 Å². The molecule has 168 valence electrons. The Bertz CT molecular complexity index is 1060. The highest BCUT2D eigenvalue weighted by atomic mass is 35.5. The fourth-order valence-corrected chi connectivity index (χ4v) is 4.20. The largest absolute Gasteiger partial charge is 0.495 e. The van der Waals surface area contributed by atoms with Crippen molar-refractivity contribution < 1.29 is 4.74 Å². The molecular weight excluding hydrogens is 412 g/mol. The van der Waals surface area contributed by atoms with Gasteiger partial charge in [0.25, 0.3) is 5.56 Å². The van der Waals surface area contributed by atoms with Crippen molar-refractivity contribution in [3.05, 3.63) is 50.7 Å². The number of nitrogens with zero attached hydrogens (tertiary/aromatic N) is 3. The molecule has 1 aromatic carbocycles. The van der Waals surface area contributed by atoms with E-state index in [9.17, 15) is 4.79 Å². The number of aryl methyl sites for hydroxylation is 2. The second-order valence-corrected chi connectivity index (χ2v) is 8.41. The minimum Gasteiger partial charge on any atom is -0.495 e. The van der Waals surface area contributed by atoms with Gasteiger partial charge in [-0.1, -0.05) is 70.0 Å². The van der Waals surface area contributed by atoms with Gasteiger partial charge in [-0.3, -0.25) is 4.79 Å². The monoisotopic (exact) mass is 444 g/mol. The van der Waals surface area contributed by atoms with Crippen molar-refractivity contribution in [1.29, 1.82) is 0 Å². The van der Waals surface area contributed by atoms with Crippen molar-refractivity contribution in [2.24, 2.45) is 0 Å². The number of nitrogens with one attached hydrogen (secondary N) is 1. The number of H-pyrrole nitrogens is 1. The van der Waals surface area contributed by atoms with Crippen molar-refractivity contribution in [1.82, 2.24) is 19.7 Å². The van der Waals surface area contributed by atoms with E-state index in [2.05, 4.69) is 11.9 Å². The second kappa shape index (κ2) is 11.3. The average Bonchev–Trinajstić information content (AvgIpc) is 3.11. The molecule has 0 atom stereocenters. The van der Waals surface area contributed by atoms with Crippen LogP contribution in [0.15, 0.2) is 23.0 Å². The lowest BCUT2D eigenvalue weighted by Crippen LogP contribution is -2.14. The Kier molecular flexibility index (Phi) is 8.52. The summed E-state index contributed by atoms with van der Waals surface area (Å²) in [6, 6.07) is 5.61. The molecule has 2 heterocycles. The smallest absolute Gasteiger partial charge is 0.262 e. The van der Waals surface area contributed by atoms with Crippen LogP contribution in [0, 0.1) is 0 Å². The number of hydrogen-bond donors (Lipinski definition) is 1. The first-order valence-corrected chi connectivity index (χ1v) is 11.8. The Morgan fingerprint density at radius 1 is 1.10 bits per heavy atom. The van der Waals surface area contributed by atoms with Crippen molar-refractivity contribution >= 4 is 22.6 Å². The second-order valence-electron chi connectivity index (χ2n) is 8.00. The molecule has 0 radical (unpaired) electrons. The summed E-state index contributed by atoms with van der Waals surface area (Å²) in [6.07, 6.45) is 9.85. The third-order valence-corrected chi connectivity index (χ3v) is 5.92. The van der Waals surface area contributed by atoms with Gasteiger partial charge < -0.3 is 9.72 Å². The number of fused-ring (bicyclic) bond motifs is 1. The Labute approximate surface area is 189 Å². The zero-order valence-electron chi connectivity index (χ0n) is 18.8. The van der Waals surface area contributed by atoms with Crippen LogP contribution in [0.5, 0.6) is 5.75 Å². The summed E-state index contributed by atoms with van der Waals surface area (Å²) < 4.78 is 7.13. The summed E-state index contributed by atoms with van der Waals surface area (Å²) >= 11 is 6.25. The zero-order chi connectivity index (χ0) is 22.2. The molecule has 0 unspecified atom stereocenters. The van der Waals surface area contributed by atoms with Gasteiger partial charge in [0.1, 0.15) is 17.0 Å². The van der Waals surface area contributed by atoms with E-state index in [0.29, 0.717) is 40.5 Å². The van der Waals surface area contributed by atoms with Crippen LogP contribution in [-0.4, -0.2) is 26.9 Å². The fraction of sp³-hybridized carbons (Fsp3) is 0.542. The number of aromatic nitrogens is 4. The van der Waals surface area contributed by atoms with E-state index in [1.54, 1.807) is 7.11 Å². The van der Waals surface area contributed by atoms with Crippen LogP contribution < -0.4 is 10.3 Å². The molecule has 6 nitrogen and oxygen atoms in total. The fourth-order valence-electron chi connectivity index (χ4n) is 3.92. The highest BCUT2D eigenvalue weighted by Gasteiger charge is 2.16. The summed E-state index contributed by atoms with van der Waals surface area (Å²) in [5.74, 6) is 1.24. The number of halogens is 1. The van der Waals surface area contributed by atoms with Gasteiger partial charge in [-0.25, -0.2) is 9.67 Å². The van der Waals surface area contributed by atoms with E-state index < -0.39 is 0 Å². The van der Waals surface area contributed by atoms with Crippen LogP contribution in [0.2, 0.25) is 5.02 Å². The third-order valence-electron chi connectivity index (χ3n) is 5.62. The van der Waals surface area contributed by atoms with Crippen LogP contribution in [-0.2, 0) is 19.4 Å². The van der Waals surface area contributed by atoms with E-state index in [1.807, 2.05) is 29.8 Å². The van der Waals surface area contributed by atoms with Gasteiger partial charge in [0, 0.05) is 13.0 Å². The lowest BCUT2D eigenvalue weighted by molar-refractivity contribution is 0.415. The average molecular weight is 445 g/mol. The zero-order valence-corrected chi connectivity index (χ0v) is 19.6. The number of hydrogen-bond acceptors (Lipinski definition) is 4. The molecule has 0 spiro atoms. The number of methoxy groups -OCH3 is 1. The minimum absolute atomic E-state index is 0.123. The topological polar surface area (TPSA) is 72.8 Å². The summed E-state index contributed by atoms with van der Waals surface area (Å²) in [7, 11) is 1.59. The molecule has 0 fully saturated rings. The van der Waals surface area contributed by atoms with E-state index >= 15 is 0 Å². The molecule has 7 heteroatoms. The maximum absolute atomic E-state index is 12.8. The van der Waals surface area contributed by atoms with E-state index in [-0.39, 0.29) is 5.56 Å². The standard InChI is InChI=1S/C24H33ClN4O2/c1-4-6-7-8-9-10-11-14-29-23-22(19(5-2)28-29)24(30)27-21(26-23)16-17-12-13-20(31-3)18(25)15-17/h12-13,15H,4-11,14,16H2,1-3H3,(H,26,27,30). The molecule has 0 aliphatic heterocycles. The first kappa shape index (κ1) is 23.3. The summed E-state index contributed by atoms with van der Waals surface area (Å²) in [4.78, 5) is 20.6. The number of ether oxygens (including phenoxy) is 1. The summed E-state index contributed by atoms with van der Waals surface area (Å²) in [5, 5.41) is 5.85. The number of benzene rings is 1. The molecule has 1 N–H and O–H groups in total. The van der Waals surface area contributed by atoms with Gasteiger partial charge in [-0.05, 0) is 30.5 Å². The summed E-state index contributed by atoms with van der Waals surface area (Å²) in [5.41, 5.74) is 2.33. The number of unbranched alkanes of at least 4 members (excludes halogenated alkanes) is 6. The van der Waals surface area contributed by atoms with Gasteiger partial charge in [0.05, 0.1) is 17.8 Å². The van der Waals surface area contributed by atoms with Crippen LogP contribution in [0.25, 0.3) is 11.0 Å². The lowest BCUT2D eigenvalue weighted by Gasteiger charge is -2.07. The van der Waals surface area contributed by atoms with Crippen LogP contribution in [0.1, 0.15) is 75.9 Å². The molecule has 0 saturated heterocycles. The highest BCUT2D eigenvalue weighted by Crippen LogP contribution is 2.26. The predicted octanol–water partition coefficient (Wildman–Crippen LogP) is 5.69. The summed E-state index contributed by atoms with van der Waals surface area (Å²) in [6.45, 7) is 5.04. The molecule has 31 heavy (non-hydrogen) atoms. The molecular formula is C24H33ClN4O2. The molecule has 0 aliphatic carbocycles. The molecule has 0 aliphatic rings. The van der Waals surface area contributed by atoms with E-state index in [1.165, 1.54) is 38.5 Å². The maximum atomic E-state index is 12.8. The highest BCUT2D eigenvalue weighted by molar-refractivity contribution is 6.32. The van der Waals surface area contributed by atoms with Gasteiger partial charge in [-0.2, -0.15) is 5.10 Å². The van der Waals surface area contributed by atoms with Crippen molar-refractivity contribution in [2.75, 3.05) is 7.11 Å². The Morgan fingerprint density at radius 2 is 1.84 bits per heavy atom. The molecule has 0 bridgehead atoms. The molecule has 3 rings (SSSR count). The Hall–Kier alpha value is -2.34.